The van der Waals surface area contributed by atoms with E-state index in [1.807, 2.05) is 17.0 Å². The maximum Gasteiger partial charge on any atom is 0.261 e. The van der Waals surface area contributed by atoms with Crippen molar-refractivity contribution in [3.05, 3.63) is 24.2 Å². The zero-order valence-corrected chi connectivity index (χ0v) is 14.0. The van der Waals surface area contributed by atoms with Crippen LogP contribution in [-0.2, 0) is 4.79 Å². The van der Waals surface area contributed by atoms with Gasteiger partial charge in [0.05, 0.1) is 5.56 Å². The van der Waals surface area contributed by atoms with Crippen LogP contribution in [0.4, 0.5) is 5.82 Å². The predicted octanol–water partition coefficient (Wildman–Crippen LogP) is 1.74. The maximum atomic E-state index is 12.4. The molecule has 1 saturated heterocycles. The monoisotopic (exact) mass is 327 g/mol. The normalized spacial score (nSPS) is 23.4. The first-order valence-electron chi connectivity index (χ1n) is 8.43. The number of hydrogen-bond donors (Lipinski definition) is 0. The smallest absolute Gasteiger partial charge is 0.261 e. The molecule has 7 heteroatoms. The second kappa shape index (κ2) is 5.89. The van der Waals surface area contributed by atoms with Gasteiger partial charge in [0.25, 0.3) is 5.89 Å². The van der Waals surface area contributed by atoms with Gasteiger partial charge >= 0.3 is 0 Å². The van der Waals surface area contributed by atoms with Crippen LogP contribution in [-0.4, -0.2) is 52.1 Å². The molecular weight excluding hydrogens is 306 g/mol. The molecule has 1 amide bonds. The molecule has 2 aliphatic rings. The quantitative estimate of drug-likeness (QED) is 0.855. The number of nitrogens with zero attached hydrogens (tertiary/aromatic N) is 5. The Bertz CT molecular complexity index is 751. The number of hydrogen-bond acceptors (Lipinski definition) is 6. The van der Waals surface area contributed by atoms with Crippen molar-refractivity contribution in [3.8, 4) is 11.5 Å². The Labute approximate surface area is 140 Å². The zero-order chi connectivity index (χ0) is 16.7. The number of anilines is 1. The first kappa shape index (κ1) is 15.1. The second-order valence-corrected chi connectivity index (χ2v) is 6.65. The van der Waals surface area contributed by atoms with Gasteiger partial charge in [-0.25, -0.2) is 4.98 Å². The topological polar surface area (TPSA) is 75.4 Å². The van der Waals surface area contributed by atoms with Crippen molar-refractivity contribution in [1.82, 2.24) is 20.0 Å². The van der Waals surface area contributed by atoms with Gasteiger partial charge in [-0.1, -0.05) is 12.1 Å². The van der Waals surface area contributed by atoms with E-state index >= 15 is 0 Å². The molecule has 2 atom stereocenters. The van der Waals surface area contributed by atoms with Crippen LogP contribution in [0.1, 0.15) is 19.2 Å². The van der Waals surface area contributed by atoms with Gasteiger partial charge in [0, 0.05) is 38.3 Å². The molecule has 2 aromatic heterocycles. The summed E-state index contributed by atoms with van der Waals surface area (Å²) in [7, 11) is 0. The van der Waals surface area contributed by atoms with Crippen molar-refractivity contribution in [1.29, 1.82) is 0 Å². The van der Waals surface area contributed by atoms with Gasteiger partial charge in [0.15, 0.2) is 5.82 Å². The molecule has 126 valence electrons. The van der Waals surface area contributed by atoms with Gasteiger partial charge < -0.3 is 14.3 Å². The summed E-state index contributed by atoms with van der Waals surface area (Å²) < 4.78 is 5.30. The Morgan fingerprint density at radius 3 is 2.67 bits per heavy atom. The number of carbonyl (C=O) groups is 1. The molecule has 0 spiro atoms. The highest BCUT2D eigenvalue weighted by atomic mass is 16.5. The second-order valence-electron chi connectivity index (χ2n) is 6.65. The van der Waals surface area contributed by atoms with Crippen LogP contribution in [0.2, 0.25) is 0 Å². The van der Waals surface area contributed by atoms with E-state index in [1.54, 1.807) is 13.1 Å². The lowest BCUT2D eigenvalue weighted by atomic mass is 10.2. The zero-order valence-electron chi connectivity index (χ0n) is 14.0. The summed E-state index contributed by atoms with van der Waals surface area (Å²) in [5, 5.41) is 3.86. The summed E-state index contributed by atoms with van der Waals surface area (Å²) in [5.41, 5.74) is 0.841. The third kappa shape index (κ3) is 2.74. The van der Waals surface area contributed by atoms with Crippen LogP contribution < -0.4 is 4.90 Å². The standard InChI is InChI=1S/C17H21N5O2/c1-11-10-14(11)17(23)22-8-6-21(7-9-22)15-13(4-3-5-18-15)16-19-12(2)20-24-16/h3-5,11,14H,6-10H2,1-2H3/t11-,14+/m0/s1. The van der Waals surface area contributed by atoms with Crippen molar-refractivity contribution in [2.75, 3.05) is 31.1 Å². The van der Waals surface area contributed by atoms with Gasteiger partial charge in [-0.3, -0.25) is 4.79 Å². The Kier molecular flexibility index (Phi) is 3.70. The number of pyridine rings is 1. The molecule has 1 saturated carbocycles. The SMILES string of the molecule is Cc1noc(-c2cccnc2N2CCN(C(=O)[C@@H]3C[C@@H]3C)CC2)n1. The molecule has 0 unspecified atom stereocenters. The Hall–Kier alpha value is -2.44. The molecule has 2 fully saturated rings. The van der Waals surface area contributed by atoms with Crippen molar-refractivity contribution in [2.24, 2.45) is 11.8 Å². The molecule has 7 nitrogen and oxygen atoms in total. The summed E-state index contributed by atoms with van der Waals surface area (Å²) in [6.07, 6.45) is 2.81. The van der Waals surface area contributed by atoms with E-state index < -0.39 is 0 Å². The molecule has 0 N–H and O–H groups in total. The van der Waals surface area contributed by atoms with Crippen LogP contribution in [0, 0.1) is 18.8 Å². The fraction of sp³-hybridized carbons (Fsp3) is 0.529. The minimum Gasteiger partial charge on any atom is -0.352 e. The van der Waals surface area contributed by atoms with E-state index in [4.69, 9.17) is 4.52 Å². The van der Waals surface area contributed by atoms with Crippen LogP contribution in [0.3, 0.4) is 0 Å². The van der Waals surface area contributed by atoms with Gasteiger partial charge in [-0.2, -0.15) is 4.98 Å². The van der Waals surface area contributed by atoms with E-state index in [2.05, 4.69) is 26.9 Å². The lowest BCUT2D eigenvalue weighted by molar-refractivity contribution is -0.133. The maximum absolute atomic E-state index is 12.4. The number of aryl methyl sites for hydroxylation is 1. The van der Waals surface area contributed by atoms with Crippen molar-refractivity contribution in [3.63, 3.8) is 0 Å². The fourth-order valence-corrected chi connectivity index (χ4v) is 3.26. The predicted molar refractivity (Wildman–Crippen MR) is 88.3 cm³/mol. The molecule has 0 bridgehead atoms. The molecule has 0 aromatic carbocycles. The van der Waals surface area contributed by atoms with Gasteiger partial charge in [-0.15, -0.1) is 0 Å². The summed E-state index contributed by atoms with van der Waals surface area (Å²) >= 11 is 0. The van der Waals surface area contributed by atoms with Crippen LogP contribution in [0.15, 0.2) is 22.9 Å². The first-order valence-corrected chi connectivity index (χ1v) is 8.43. The van der Waals surface area contributed by atoms with Crippen molar-refractivity contribution < 1.29 is 9.32 Å². The van der Waals surface area contributed by atoms with Crippen LogP contribution in [0.25, 0.3) is 11.5 Å². The average Bonchev–Trinajstić information content (AvgIpc) is 3.19. The summed E-state index contributed by atoms with van der Waals surface area (Å²) in [6.45, 7) is 6.95. The lowest BCUT2D eigenvalue weighted by Crippen LogP contribution is -2.49. The Morgan fingerprint density at radius 2 is 2.04 bits per heavy atom. The van der Waals surface area contributed by atoms with Gasteiger partial charge in [0.2, 0.25) is 5.91 Å². The van der Waals surface area contributed by atoms with Crippen molar-refractivity contribution >= 4 is 11.7 Å². The molecule has 1 aliphatic heterocycles. The van der Waals surface area contributed by atoms with E-state index in [0.29, 0.717) is 23.5 Å². The number of aromatic nitrogens is 3. The highest BCUT2D eigenvalue weighted by Gasteiger charge is 2.42. The molecule has 24 heavy (non-hydrogen) atoms. The summed E-state index contributed by atoms with van der Waals surface area (Å²) in [4.78, 5) is 25.4. The van der Waals surface area contributed by atoms with Crippen LogP contribution >= 0.6 is 0 Å². The molecular formula is C17H21N5O2. The highest BCUT2D eigenvalue weighted by Crippen LogP contribution is 2.39. The molecule has 3 heterocycles. The highest BCUT2D eigenvalue weighted by molar-refractivity contribution is 5.82. The Morgan fingerprint density at radius 1 is 1.29 bits per heavy atom. The van der Waals surface area contributed by atoms with Crippen LogP contribution in [0.5, 0.6) is 0 Å². The Balaban J connectivity index is 1.49. The third-order valence-electron chi connectivity index (χ3n) is 4.86. The van der Waals surface area contributed by atoms with Crippen molar-refractivity contribution in [2.45, 2.75) is 20.3 Å². The molecule has 1 aliphatic carbocycles. The largest absolute Gasteiger partial charge is 0.352 e. The number of amides is 1. The number of piperazine rings is 1. The summed E-state index contributed by atoms with van der Waals surface area (Å²) in [6, 6.07) is 3.81. The van der Waals surface area contributed by atoms with E-state index in [1.165, 1.54) is 0 Å². The molecule has 4 rings (SSSR count). The number of carbonyl (C=O) groups excluding carboxylic acids is 1. The molecule has 2 aromatic rings. The minimum absolute atomic E-state index is 0.253. The van der Waals surface area contributed by atoms with E-state index in [-0.39, 0.29) is 5.92 Å². The molecule has 0 radical (unpaired) electrons. The fourth-order valence-electron chi connectivity index (χ4n) is 3.26. The van der Waals surface area contributed by atoms with Gasteiger partial charge in [0.1, 0.15) is 5.82 Å². The van der Waals surface area contributed by atoms with E-state index in [0.717, 1.165) is 44.0 Å². The third-order valence-corrected chi connectivity index (χ3v) is 4.86. The first-order chi connectivity index (χ1) is 11.6. The number of rotatable bonds is 3. The average molecular weight is 327 g/mol. The van der Waals surface area contributed by atoms with Gasteiger partial charge in [-0.05, 0) is 31.4 Å². The van der Waals surface area contributed by atoms with E-state index in [9.17, 15) is 4.79 Å². The minimum atomic E-state index is 0.253. The summed E-state index contributed by atoms with van der Waals surface area (Å²) in [5.74, 6) is 3.06. The lowest BCUT2D eigenvalue weighted by Gasteiger charge is -2.36.